The molecular weight excluding hydrogens is 487 g/mol. The number of halogens is 1. The van der Waals surface area contributed by atoms with Crippen LogP contribution in [0, 0.1) is 5.82 Å². The first kappa shape index (κ1) is 26.6. The molecule has 36 heavy (non-hydrogen) atoms. The average Bonchev–Trinajstić information content (AvgIpc) is 3.21. The molecule has 0 unspecified atom stereocenters. The molecule has 0 fully saturated rings. The molecular formula is C26H25FN2O6S. The van der Waals surface area contributed by atoms with E-state index in [1.807, 2.05) is 0 Å². The number of carbonyl (C=O) groups is 2. The second-order valence-electron chi connectivity index (χ2n) is 7.81. The zero-order chi connectivity index (χ0) is 26.5. The van der Waals surface area contributed by atoms with Crippen molar-refractivity contribution in [2.75, 3.05) is 32.2 Å². The molecule has 0 bridgehead atoms. The number of furan rings is 1. The Labute approximate surface area is 208 Å². The Morgan fingerprint density at radius 1 is 1.03 bits per heavy atom. The van der Waals surface area contributed by atoms with E-state index in [9.17, 15) is 22.4 Å². The number of anilines is 1. The van der Waals surface area contributed by atoms with Gasteiger partial charge in [-0.05, 0) is 42.0 Å². The maximum atomic E-state index is 13.4. The SMILES string of the molecule is CNC(=O)c1c(-c2ccc(F)cc2)oc2cc(NS(C)(=O)=O)c(-c3cccc(C=O)c3)cc12.COC. The van der Waals surface area contributed by atoms with E-state index in [1.54, 1.807) is 44.6 Å². The maximum absolute atomic E-state index is 13.4. The topological polar surface area (TPSA) is 115 Å². The fourth-order valence-corrected chi connectivity index (χ4v) is 4.17. The van der Waals surface area contributed by atoms with Crippen LogP contribution < -0.4 is 10.0 Å². The van der Waals surface area contributed by atoms with Crippen LogP contribution in [0.1, 0.15) is 20.7 Å². The predicted octanol–water partition coefficient (Wildman–Crippen LogP) is 4.71. The highest BCUT2D eigenvalue weighted by molar-refractivity contribution is 7.92. The van der Waals surface area contributed by atoms with Crippen LogP contribution >= 0.6 is 0 Å². The molecule has 2 N–H and O–H groups in total. The van der Waals surface area contributed by atoms with Gasteiger partial charge in [-0.15, -0.1) is 0 Å². The number of methoxy groups -OCH3 is 1. The number of amides is 1. The van der Waals surface area contributed by atoms with E-state index in [-0.39, 0.29) is 22.6 Å². The molecule has 1 amide bonds. The lowest BCUT2D eigenvalue weighted by atomic mass is 9.98. The van der Waals surface area contributed by atoms with Crippen LogP contribution in [-0.2, 0) is 14.8 Å². The van der Waals surface area contributed by atoms with Crippen LogP contribution in [0.2, 0.25) is 0 Å². The molecule has 0 radical (unpaired) electrons. The summed E-state index contributed by atoms with van der Waals surface area (Å²) in [6.45, 7) is 0. The van der Waals surface area contributed by atoms with Gasteiger partial charge in [0.2, 0.25) is 10.0 Å². The van der Waals surface area contributed by atoms with Crippen LogP contribution in [0.15, 0.2) is 65.1 Å². The van der Waals surface area contributed by atoms with E-state index in [0.29, 0.717) is 33.9 Å². The van der Waals surface area contributed by atoms with Crippen LogP contribution in [-0.4, -0.2) is 48.1 Å². The molecule has 0 spiro atoms. The fourth-order valence-electron chi connectivity index (χ4n) is 3.60. The zero-order valence-corrected chi connectivity index (χ0v) is 20.9. The standard InChI is InChI=1S/C24H19FN2O5S.C2H6O/c1-26-24(29)22-19-11-18(16-5-3-4-14(10-16)13-28)20(27-33(2,30)31)12-21(19)32-23(22)15-6-8-17(25)9-7-15;1-3-2/h3-13,27H,1-2H3,(H,26,29);1-2H3. The van der Waals surface area contributed by atoms with Gasteiger partial charge in [0, 0.05) is 49.4 Å². The summed E-state index contributed by atoms with van der Waals surface area (Å²) < 4.78 is 50.2. The van der Waals surface area contributed by atoms with E-state index < -0.39 is 21.7 Å². The van der Waals surface area contributed by atoms with Gasteiger partial charge >= 0.3 is 0 Å². The zero-order valence-electron chi connectivity index (χ0n) is 20.1. The molecule has 0 aliphatic rings. The van der Waals surface area contributed by atoms with Crippen molar-refractivity contribution in [2.45, 2.75) is 0 Å². The highest BCUT2D eigenvalue weighted by Crippen LogP contribution is 2.40. The Kier molecular flexibility index (Phi) is 8.23. The van der Waals surface area contributed by atoms with Crippen molar-refractivity contribution in [1.29, 1.82) is 0 Å². The van der Waals surface area contributed by atoms with Crippen molar-refractivity contribution in [3.05, 3.63) is 77.6 Å². The van der Waals surface area contributed by atoms with E-state index in [4.69, 9.17) is 4.42 Å². The number of rotatable bonds is 6. The highest BCUT2D eigenvalue weighted by atomic mass is 32.2. The summed E-state index contributed by atoms with van der Waals surface area (Å²) in [7, 11) is 1.07. The van der Waals surface area contributed by atoms with Crippen LogP contribution in [0.4, 0.5) is 10.1 Å². The first-order valence-electron chi connectivity index (χ1n) is 10.6. The number of sulfonamides is 1. The second kappa shape index (κ2) is 11.1. The molecule has 4 rings (SSSR count). The van der Waals surface area contributed by atoms with Crippen molar-refractivity contribution < 1.29 is 31.6 Å². The first-order valence-corrected chi connectivity index (χ1v) is 12.5. The number of nitrogens with one attached hydrogen (secondary N) is 2. The van der Waals surface area contributed by atoms with Crippen LogP contribution in [0.3, 0.4) is 0 Å². The normalized spacial score (nSPS) is 10.9. The van der Waals surface area contributed by atoms with Crippen LogP contribution in [0.5, 0.6) is 0 Å². The largest absolute Gasteiger partial charge is 0.455 e. The first-order chi connectivity index (χ1) is 17.1. The Bertz CT molecular complexity index is 1510. The number of fused-ring (bicyclic) bond motifs is 1. The van der Waals surface area contributed by atoms with Gasteiger partial charge < -0.3 is 14.5 Å². The number of ether oxygens (including phenoxy) is 1. The number of hydrogen-bond donors (Lipinski definition) is 2. The summed E-state index contributed by atoms with van der Waals surface area (Å²) in [6, 6.07) is 15.2. The minimum absolute atomic E-state index is 0.216. The molecule has 4 aromatic rings. The Hall–Kier alpha value is -4.02. The third-order valence-corrected chi connectivity index (χ3v) is 5.61. The number of carbonyl (C=O) groups excluding carboxylic acids is 2. The Morgan fingerprint density at radius 2 is 1.69 bits per heavy atom. The number of benzene rings is 3. The van der Waals surface area contributed by atoms with Gasteiger partial charge in [0.25, 0.3) is 5.91 Å². The Morgan fingerprint density at radius 3 is 2.28 bits per heavy atom. The third kappa shape index (κ3) is 5.96. The lowest BCUT2D eigenvalue weighted by Crippen LogP contribution is -2.18. The minimum atomic E-state index is -3.66. The van der Waals surface area contributed by atoms with Gasteiger partial charge in [-0.3, -0.25) is 14.3 Å². The summed E-state index contributed by atoms with van der Waals surface area (Å²) in [5.74, 6) is -0.647. The fraction of sp³-hybridized carbons (Fsp3) is 0.154. The van der Waals surface area contributed by atoms with Gasteiger partial charge in [-0.2, -0.15) is 0 Å². The quantitative estimate of drug-likeness (QED) is 0.362. The molecule has 188 valence electrons. The van der Waals surface area contributed by atoms with Crippen molar-refractivity contribution >= 4 is 38.9 Å². The lowest BCUT2D eigenvalue weighted by Gasteiger charge is -2.12. The molecule has 0 aliphatic carbocycles. The molecule has 0 saturated heterocycles. The number of hydrogen-bond acceptors (Lipinski definition) is 6. The van der Waals surface area contributed by atoms with Gasteiger partial charge in [-0.1, -0.05) is 18.2 Å². The van der Waals surface area contributed by atoms with E-state index in [2.05, 4.69) is 14.8 Å². The molecule has 0 saturated carbocycles. The summed E-state index contributed by atoms with van der Waals surface area (Å²) in [6.07, 6.45) is 1.71. The minimum Gasteiger partial charge on any atom is -0.455 e. The number of aldehydes is 1. The van der Waals surface area contributed by atoms with Crippen molar-refractivity contribution in [1.82, 2.24) is 5.32 Å². The van der Waals surface area contributed by atoms with Crippen molar-refractivity contribution in [2.24, 2.45) is 0 Å². The van der Waals surface area contributed by atoms with Gasteiger partial charge in [-0.25, -0.2) is 12.8 Å². The van der Waals surface area contributed by atoms with Crippen LogP contribution in [0.25, 0.3) is 33.4 Å². The van der Waals surface area contributed by atoms with Gasteiger partial charge in [0.1, 0.15) is 23.4 Å². The highest BCUT2D eigenvalue weighted by Gasteiger charge is 2.24. The predicted molar refractivity (Wildman–Crippen MR) is 137 cm³/mol. The molecule has 0 aliphatic heterocycles. The smallest absolute Gasteiger partial charge is 0.255 e. The molecule has 8 nitrogen and oxygen atoms in total. The summed E-state index contributed by atoms with van der Waals surface area (Å²) >= 11 is 0. The van der Waals surface area contributed by atoms with Gasteiger partial charge in [0.05, 0.1) is 17.5 Å². The van der Waals surface area contributed by atoms with E-state index in [1.165, 1.54) is 37.4 Å². The summed E-state index contributed by atoms with van der Waals surface area (Å²) in [4.78, 5) is 24.1. The maximum Gasteiger partial charge on any atom is 0.255 e. The third-order valence-electron chi connectivity index (χ3n) is 5.02. The lowest BCUT2D eigenvalue weighted by molar-refractivity contribution is 0.0964. The van der Waals surface area contributed by atoms with Gasteiger partial charge in [0.15, 0.2) is 0 Å². The average molecular weight is 513 g/mol. The Balaban J connectivity index is 0.00000115. The monoisotopic (exact) mass is 512 g/mol. The summed E-state index contributed by atoms with van der Waals surface area (Å²) in [5, 5.41) is 3.01. The second-order valence-corrected chi connectivity index (χ2v) is 9.56. The molecule has 1 heterocycles. The van der Waals surface area contributed by atoms with E-state index >= 15 is 0 Å². The van der Waals surface area contributed by atoms with E-state index in [0.717, 1.165) is 6.26 Å². The molecule has 1 aromatic heterocycles. The molecule has 0 atom stereocenters. The van der Waals surface area contributed by atoms with Crippen molar-refractivity contribution in [3.8, 4) is 22.5 Å². The molecule has 3 aromatic carbocycles. The summed E-state index contributed by atoms with van der Waals surface area (Å²) in [5.41, 5.74) is 2.60. The molecule has 10 heteroatoms. The van der Waals surface area contributed by atoms with Crippen molar-refractivity contribution in [3.63, 3.8) is 0 Å².